The highest BCUT2D eigenvalue weighted by Crippen LogP contribution is 2.29. The van der Waals surface area contributed by atoms with E-state index in [1.54, 1.807) is 0 Å². The minimum atomic E-state index is 0.225. The third-order valence-corrected chi connectivity index (χ3v) is 5.12. The Kier molecular flexibility index (Phi) is 5.82. The zero-order valence-electron chi connectivity index (χ0n) is 14.2. The molecule has 0 aromatic carbocycles. The molecule has 1 fully saturated rings. The molecule has 120 valence electrons. The van der Waals surface area contributed by atoms with Crippen molar-refractivity contribution in [2.45, 2.75) is 64.5 Å². The van der Waals surface area contributed by atoms with E-state index in [4.69, 9.17) is 0 Å². The predicted octanol–water partition coefficient (Wildman–Crippen LogP) is 2.60. The van der Waals surface area contributed by atoms with E-state index in [2.05, 4.69) is 42.2 Å². The van der Waals surface area contributed by atoms with E-state index < -0.39 is 0 Å². The van der Waals surface area contributed by atoms with Gasteiger partial charge in [-0.3, -0.25) is 9.58 Å². The lowest BCUT2D eigenvalue weighted by Gasteiger charge is -2.45. The van der Waals surface area contributed by atoms with Crippen LogP contribution in [0.1, 0.15) is 52.1 Å². The van der Waals surface area contributed by atoms with Crippen molar-refractivity contribution in [1.29, 1.82) is 0 Å². The molecule has 2 heterocycles. The maximum Gasteiger partial charge on any atom is 0.0640 e. The van der Waals surface area contributed by atoms with Crippen molar-refractivity contribution in [3.63, 3.8) is 0 Å². The third-order valence-electron chi connectivity index (χ3n) is 5.12. The summed E-state index contributed by atoms with van der Waals surface area (Å²) in [7, 11) is 2.00. The lowest BCUT2D eigenvalue weighted by atomic mass is 9.84. The van der Waals surface area contributed by atoms with Gasteiger partial charge in [0.2, 0.25) is 0 Å². The van der Waals surface area contributed by atoms with Gasteiger partial charge < -0.3 is 5.32 Å². The van der Waals surface area contributed by atoms with Gasteiger partial charge >= 0.3 is 0 Å². The van der Waals surface area contributed by atoms with Crippen LogP contribution in [0.25, 0.3) is 0 Å². The van der Waals surface area contributed by atoms with Crippen LogP contribution in [-0.2, 0) is 13.5 Å². The van der Waals surface area contributed by atoms with Gasteiger partial charge in [0.25, 0.3) is 0 Å². The fraction of sp³-hybridized carbons (Fsp3) is 0.824. The number of rotatable bonds is 8. The Bertz CT molecular complexity index is 422. The average Bonchev–Trinajstić information content (AvgIpc) is 3.14. The molecule has 1 saturated heterocycles. The Morgan fingerprint density at radius 2 is 2.05 bits per heavy atom. The Hall–Kier alpha value is -0.870. The molecule has 2 atom stereocenters. The van der Waals surface area contributed by atoms with E-state index in [0.29, 0.717) is 6.04 Å². The van der Waals surface area contributed by atoms with Gasteiger partial charge in [-0.25, -0.2) is 0 Å². The van der Waals surface area contributed by atoms with Crippen molar-refractivity contribution in [3.8, 4) is 0 Å². The Balaban J connectivity index is 2.15. The molecule has 2 unspecified atom stereocenters. The smallest absolute Gasteiger partial charge is 0.0640 e. The molecule has 2 rings (SSSR count). The van der Waals surface area contributed by atoms with Crippen LogP contribution in [0, 0.1) is 0 Å². The molecule has 1 aromatic heterocycles. The van der Waals surface area contributed by atoms with Crippen LogP contribution in [0.5, 0.6) is 0 Å². The number of likely N-dealkylation sites (tertiary alicyclic amines) is 1. The summed E-state index contributed by atoms with van der Waals surface area (Å²) in [6.45, 7) is 10.6. The van der Waals surface area contributed by atoms with Crippen LogP contribution < -0.4 is 5.32 Å². The number of nitrogens with one attached hydrogen (secondary N) is 1. The molecule has 0 aliphatic carbocycles. The van der Waals surface area contributed by atoms with Crippen molar-refractivity contribution < 1.29 is 0 Å². The molecule has 1 aliphatic heterocycles. The molecular formula is C17H32N4. The molecule has 4 heteroatoms. The normalized spacial score (nSPS) is 20.6. The molecular weight excluding hydrogens is 260 g/mol. The molecule has 1 aromatic rings. The lowest BCUT2D eigenvalue weighted by molar-refractivity contribution is 0.0835. The highest BCUT2D eigenvalue weighted by molar-refractivity contribution is 5.07. The molecule has 0 spiro atoms. The SMILES string of the molecule is CCCNC(Cc1ccn(C)n1)C(C)(CC)N1CCCC1. The highest BCUT2D eigenvalue weighted by Gasteiger charge is 2.39. The second-order valence-corrected chi connectivity index (χ2v) is 6.60. The van der Waals surface area contributed by atoms with Crippen molar-refractivity contribution in [2.75, 3.05) is 19.6 Å². The van der Waals surface area contributed by atoms with E-state index in [1.165, 1.54) is 44.5 Å². The third kappa shape index (κ3) is 3.86. The summed E-state index contributed by atoms with van der Waals surface area (Å²) in [6.07, 6.45) is 8.12. The minimum absolute atomic E-state index is 0.225. The summed E-state index contributed by atoms with van der Waals surface area (Å²) in [5.74, 6) is 0. The van der Waals surface area contributed by atoms with E-state index in [-0.39, 0.29) is 5.54 Å². The Labute approximate surface area is 129 Å². The van der Waals surface area contributed by atoms with Crippen LogP contribution in [0.4, 0.5) is 0 Å². The van der Waals surface area contributed by atoms with E-state index in [1.807, 2.05) is 17.9 Å². The maximum absolute atomic E-state index is 4.59. The monoisotopic (exact) mass is 292 g/mol. The molecule has 1 aliphatic rings. The van der Waals surface area contributed by atoms with E-state index >= 15 is 0 Å². The van der Waals surface area contributed by atoms with Crippen LogP contribution >= 0.6 is 0 Å². The van der Waals surface area contributed by atoms with Crippen molar-refractivity contribution >= 4 is 0 Å². The molecule has 4 nitrogen and oxygen atoms in total. The molecule has 0 bridgehead atoms. The zero-order chi connectivity index (χ0) is 15.3. The Morgan fingerprint density at radius 1 is 1.33 bits per heavy atom. The predicted molar refractivity (Wildman–Crippen MR) is 88.5 cm³/mol. The summed E-state index contributed by atoms with van der Waals surface area (Å²) in [6, 6.07) is 2.62. The summed E-state index contributed by atoms with van der Waals surface area (Å²) in [5, 5.41) is 8.40. The molecule has 0 radical (unpaired) electrons. The fourth-order valence-corrected chi connectivity index (χ4v) is 3.53. The first kappa shape index (κ1) is 16.5. The van der Waals surface area contributed by atoms with Gasteiger partial charge in [-0.05, 0) is 58.3 Å². The first-order valence-electron chi connectivity index (χ1n) is 8.57. The van der Waals surface area contributed by atoms with Crippen LogP contribution in [0.2, 0.25) is 0 Å². The standard InChI is InChI=1S/C17H32N4/c1-5-10-18-16(14-15-9-13-20(4)19-15)17(3,6-2)21-11-7-8-12-21/h9,13,16,18H,5-8,10-12,14H2,1-4H3. The summed E-state index contributed by atoms with van der Waals surface area (Å²) >= 11 is 0. The number of hydrogen-bond donors (Lipinski definition) is 1. The van der Waals surface area contributed by atoms with Crippen molar-refractivity contribution in [2.24, 2.45) is 7.05 Å². The van der Waals surface area contributed by atoms with E-state index in [9.17, 15) is 0 Å². The number of hydrogen-bond acceptors (Lipinski definition) is 3. The summed E-state index contributed by atoms with van der Waals surface area (Å²) < 4.78 is 1.91. The second kappa shape index (κ2) is 7.41. The summed E-state index contributed by atoms with van der Waals surface area (Å²) in [5.41, 5.74) is 1.42. The average molecular weight is 292 g/mol. The largest absolute Gasteiger partial charge is 0.312 e. The van der Waals surface area contributed by atoms with Gasteiger partial charge in [0.1, 0.15) is 0 Å². The minimum Gasteiger partial charge on any atom is -0.312 e. The van der Waals surface area contributed by atoms with E-state index in [0.717, 1.165) is 13.0 Å². The number of nitrogens with zero attached hydrogens (tertiary/aromatic N) is 3. The molecule has 0 saturated carbocycles. The second-order valence-electron chi connectivity index (χ2n) is 6.60. The van der Waals surface area contributed by atoms with Gasteiger partial charge in [0.15, 0.2) is 0 Å². The molecule has 0 amide bonds. The van der Waals surface area contributed by atoms with Crippen molar-refractivity contribution in [3.05, 3.63) is 18.0 Å². The van der Waals surface area contributed by atoms with Crippen molar-refractivity contribution in [1.82, 2.24) is 20.0 Å². The van der Waals surface area contributed by atoms with Crippen LogP contribution in [0.3, 0.4) is 0 Å². The summed E-state index contributed by atoms with van der Waals surface area (Å²) in [4.78, 5) is 2.70. The Morgan fingerprint density at radius 3 is 2.57 bits per heavy atom. The zero-order valence-corrected chi connectivity index (χ0v) is 14.2. The number of aryl methyl sites for hydroxylation is 1. The van der Waals surface area contributed by atoms with Gasteiger partial charge in [-0.1, -0.05) is 13.8 Å². The van der Waals surface area contributed by atoms with Crippen LogP contribution in [0.15, 0.2) is 12.3 Å². The van der Waals surface area contributed by atoms with Gasteiger partial charge in [-0.15, -0.1) is 0 Å². The quantitative estimate of drug-likeness (QED) is 0.799. The first-order valence-corrected chi connectivity index (χ1v) is 8.57. The topological polar surface area (TPSA) is 33.1 Å². The molecule has 21 heavy (non-hydrogen) atoms. The highest BCUT2D eigenvalue weighted by atomic mass is 15.3. The van der Waals surface area contributed by atoms with Gasteiger partial charge in [0, 0.05) is 31.2 Å². The lowest BCUT2D eigenvalue weighted by Crippen LogP contribution is -2.59. The number of aromatic nitrogens is 2. The molecule has 1 N–H and O–H groups in total. The maximum atomic E-state index is 4.59. The van der Waals surface area contributed by atoms with Crippen LogP contribution in [-0.4, -0.2) is 45.9 Å². The fourth-order valence-electron chi connectivity index (χ4n) is 3.53. The van der Waals surface area contributed by atoms with Gasteiger partial charge in [-0.2, -0.15) is 5.10 Å². The van der Waals surface area contributed by atoms with Gasteiger partial charge in [0.05, 0.1) is 5.69 Å². The first-order chi connectivity index (χ1) is 10.1.